The number of H-pyrrole nitrogens is 1. The minimum absolute atomic E-state index is 0.115. The highest BCUT2D eigenvalue weighted by molar-refractivity contribution is 5.99. The second-order valence-electron chi connectivity index (χ2n) is 6.91. The number of aliphatic carboxylic acids is 1. The van der Waals surface area contributed by atoms with E-state index >= 15 is 0 Å². The minimum atomic E-state index is -1.05. The summed E-state index contributed by atoms with van der Waals surface area (Å²) in [5, 5.41) is 19.2. The number of nitrogens with one attached hydrogen (secondary N) is 1. The van der Waals surface area contributed by atoms with Crippen molar-refractivity contribution in [2.24, 2.45) is 0 Å². The number of carboxylic acids is 2. The minimum Gasteiger partial charge on any atom is -0.489 e. The average Bonchev–Trinajstić information content (AvgIpc) is 3.10. The van der Waals surface area contributed by atoms with Crippen LogP contribution in [0.25, 0.3) is 22.2 Å². The summed E-state index contributed by atoms with van der Waals surface area (Å²) in [6, 6.07) is 21.9. The van der Waals surface area contributed by atoms with Crippen molar-refractivity contribution in [3.63, 3.8) is 0 Å². The molecule has 6 heteroatoms. The van der Waals surface area contributed by atoms with Crippen LogP contribution in [0, 0.1) is 0 Å². The second kappa shape index (κ2) is 8.13. The lowest BCUT2D eigenvalue weighted by Crippen LogP contribution is -2.01. The normalized spacial score (nSPS) is 10.8. The Morgan fingerprint density at radius 1 is 0.900 bits per heavy atom. The zero-order chi connectivity index (χ0) is 21.1. The molecule has 0 radical (unpaired) electrons. The molecule has 0 bridgehead atoms. The third-order valence-electron chi connectivity index (χ3n) is 4.87. The molecule has 30 heavy (non-hydrogen) atoms. The molecule has 0 aliphatic heterocycles. The van der Waals surface area contributed by atoms with Crippen LogP contribution < -0.4 is 4.74 Å². The van der Waals surface area contributed by atoms with Gasteiger partial charge in [0.2, 0.25) is 0 Å². The lowest BCUT2D eigenvalue weighted by molar-refractivity contribution is -0.136. The largest absolute Gasteiger partial charge is 0.489 e. The Morgan fingerprint density at radius 2 is 1.63 bits per heavy atom. The number of aromatic carboxylic acids is 1. The number of rotatable bonds is 7. The summed E-state index contributed by atoms with van der Waals surface area (Å²) in [4.78, 5) is 26.0. The summed E-state index contributed by atoms with van der Waals surface area (Å²) in [6.07, 6.45) is -0.218. The van der Waals surface area contributed by atoms with Gasteiger partial charge in [-0.25, -0.2) is 4.79 Å². The van der Waals surface area contributed by atoms with E-state index in [0.717, 1.165) is 11.1 Å². The van der Waals surface area contributed by atoms with Crippen molar-refractivity contribution in [3.05, 3.63) is 89.5 Å². The summed E-state index contributed by atoms with van der Waals surface area (Å²) >= 11 is 0. The standard InChI is InChI=1S/C24H19NO5/c26-22(27)13-20-19-12-17(24(28)29)8-11-21(19)25-23(20)16-6-9-18(10-7-16)30-14-15-4-2-1-3-5-15/h1-12,25H,13-14H2,(H,26,27)(H,28,29). The highest BCUT2D eigenvalue weighted by Gasteiger charge is 2.17. The van der Waals surface area contributed by atoms with Gasteiger partial charge in [-0.2, -0.15) is 0 Å². The van der Waals surface area contributed by atoms with Crippen LogP contribution in [-0.4, -0.2) is 27.1 Å². The maximum atomic E-state index is 11.4. The fraction of sp³-hybridized carbons (Fsp3) is 0.0833. The average molecular weight is 401 g/mol. The van der Waals surface area contributed by atoms with Crippen LogP contribution in [0.5, 0.6) is 5.75 Å². The number of hydrogen-bond acceptors (Lipinski definition) is 3. The fourth-order valence-corrected chi connectivity index (χ4v) is 3.42. The van der Waals surface area contributed by atoms with Gasteiger partial charge in [0.25, 0.3) is 0 Å². The van der Waals surface area contributed by atoms with Gasteiger partial charge < -0.3 is 19.9 Å². The van der Waals surface area contributed by atoms with Gasteiger partial charge in [-0.05, 0) is 59.2 Å². The monoisotopic (exact) mass is 401 g/mol. The molecule has 0 amide bonds. The van der Waals surface area contributed by atoms with E-state index in [9.17, 15) is 19.8 Å². The van der Waals surface area contributed by atoms with Gasteiger partial charge in [-0.1, -0.05) is 30.3 Å². The van der Waals surface area contributed by atoms with E-state index in [-0.39, 0.29) is 12.0 Å². The Kier molecular flexibility index (Phi) is 5.22. The van der Waals surface area contributed by atoms with Crippen molar-refractivity contribution in [1.29, 1.82) is 0 Å². The van der Waals surface area contributed by atoms with Crippen molar-refractivity contribution < 1.29 is 24.5 Å². The quantitative estimate of drug-likeness (QED) is 0.415. The molecule has 0 saturated carbocycles. The summed E-state index contributed by atoms with van der Waals surface area (Å²) < 4.78 is 5.81. The lowest BCUT2D eigenvalue weighted by atomic mass is 10.0. The molecular formula is C24H19NO5. The SMILES string of the molecule is O=C(O)Cc1c(-c2ccc(OCc3ccccc3)cc2)[nH]c2ccc(C(=O)O)cc12. The summed E-state index contributed by atoms with van der Waals surface area (Å²) in [7, 11) is 0. The number of aromatic nitrogens is 1. The van der Waals surface area contributed by atoms with E-state index in [1.165, 1.54) is 12.1 Å². The number of hydrogen-bond donors (Lipinski definition) is 3. The lowest BCUT2D eigenvalue weighted by Gasteiger charge is -2.08. The van der Waals surface area contributed by atoms with Gasteiger partial charge >= 0.3 is 11.9 Å². The van der Waals surface area contributed by atoms with Crippen molar-refractivity contribution in [3.8, 4) is 17.0 Å². The zero-order valence-corrected chi connectivity index (χ0v) is 16.0. The highest BCUT2D eigenvalue weighted by atomic mass is 16.5. The van der Waals surface area contributed by atoms with Crippen molar-refractivity contribution in [2.45, 2.75) is 13.0 Å². The maximum absolute atomic E-state index is 11.4. The molecule has 0 spiro atoms. The Hall–Kier alpha value is -4.06. The molecule has 0 atom stereocenters. The third-order valence-corrected chi connectivity index (χ3v) is 4.87. The number of carbonyl (C=O) groups is 2. The van der Waals surface area contributed by atoms with E-state index in [0.29, 0.717) is 34.5 Å². The Bertz CT molecular complexity index is 1210. The van der Waals surface area contributed by atoms with E-state index < -0.39 is 11.9 Å². The fourth-order valence-electron chi connectivity index (χ4n) is 3.42. The van der Waals surface area contributed by atoms with Gasteiger partial charge in [0.05, 0.1) is 17.7 Å². The predicted octanol–water partition coefficient (Wildman–Crippen LogP) is 4.74. The first-order chi connectivity index (χ1) is 14.5. The van der Waals surface area contributed by atoms with Crippen LogP contribution in [-0.2, 0) is 17.8 Å². The molecule has 150 valence electrons. The van der Waals surface area contributed by atoms with Gasteiger partial charge in [0, 0.05) is 10.9 Å². The van der Waals surface area contributed by atoms with Crippen LogP contribution >= 0.6 is 0 Å². The molecule has 0 aliphatic rings. The Labute approximate surface area is 172 Å². The summed E-state index contributed by atoms with van der Waals surface area (Å²) in [5.41, 5.74) is 3.88. The highest BCUT2D eigenvalue weighted by Crippen LogP contribution is 2.32. The first-order valence-corrected chi connectivity index (χ1v) is 9.38. The van der Waals surface area contributed by atoms with Crippen LogP contribution in [0.4, 0.5) is 0 Å². The van der Waals surface area contributed by atoms with E-state index in [1.807, 2.05) is 54.6 Å². The van der Waals surface area contributed by atoms with Crippen molar-refractivity contribution in [2.75, 3.05) is 0 Å². The molecule has 4 rings (SSSR count). The zero-order valence-electron chi connectivity index (χ0n) is 16.0. The molecule has 6 nitrogen and oxygen atoms in total. The maximum Gasteiger partial charge on any atom is 0.335 e. The van der Waals surface area contributed by atoms with E-state index in [1.54, 1.807) is 6.07 Å². The molecule has 0 unspecified atom stereocenters. The van der Waals surface area contributed by atoms with Crippen molar-refractivity contribution >= 4 is 22.8 Å². The predicted molar refractivity (Wildman–Crippen MR) is 113 cm³/mol. The van der Waals surface area contributed by atoms with Gasteiger partial charge in [-0.3, -0.25) is 4.79 Å². The molecule has 1 heterocycles. The second-order valence-corrected chi connectivity index (χ2v) is 6.91. The first kappa shape index (κ1) is 19.3. The smallest absolute Gasteiger partial charge is 0.335 e. The van der Waals surface area contributed by atoms with Crippen LogP contribution in [0.3, 0.4) is 0 Å². The number of ether oxygens (including phenoxy) is 1. The van der Waals surface area contributed by atoms with Gasteiger partial charge in [-0.15, -0.1) is 0 Å². The number of aromatic amines is 1. The number of benzene rings is 3. The van der Waals surface area contributed by atoms with Crippen molar-refractivity contribution in [1.82, 2.24) is 4.98 Å². The molecule has 0 saturated heterocycles. The van der Waals surface area contributed by atoms with Gasteiger partial charge in [0.1, 0.15) is 12.4 Å². The topological polar surface area (TPSA) is 99.6 Å². The summed E-state index contributed by atoms with van der Waals surface area (Å²) in [6.45, 7) is 0.453. The Balaban J connectivity index is 1.66. The molecule has 3 N–H and O–H groups in total. The van der Waals surface area contributed by atoms with Crippen LogP contribution in [0.15, 0.2) is 72.8 Å². The van der Waals surface area contributed by atoms with E-state index in [2.05, 4.69) is 4.98 Å². The van der Waals surface area contributed by atoms with E-state index in [4.69, 9.17) is 4.74 Å². The number of fused-ring (bicyclic) bond motifs is 1. The molecule has 1 aromatic heterocycles. The molecular weight excluding hydrogens is 382 g/mol. The number of carboxylic acid groups (broad SMARTS) is 2. The molecule has 0 fully saturated rings. The molecule has 3 aromatic carbocycles. The van der Waals surface area contributed by atoms with Crippen LogP contribution in [0.1, 0.15) is 21.5 Å². The van der Waals surface area contributed by atoms with Gasteiger partial charge in [0.15, 0.2) is 0 Å². The third kappa shape index (κ3) is 4.03. The van der Waals surface area contributed by atoms with Crippen LogP contribution in [0.2, 0.25) is 0 Å². The molecule has 4 aromatic rings. The Morgan fingerprint density at radius 3 is 2.30 bits per heavy atom. The molecule has 0 aliphatic carbocycles. The summed E-state index contributed by atoms with van der Waals surface area (Å²) in [5.74, 6) is -1.34. The first-order valence-electron chi connectivity index (χ1n) is 9.38.